The largest absolute Gasteiger partial charge is 0.468 e. The summed E-state index contributed by atoms with van der Waals surface area (Å²) in [5.74, 6) is 1.56. The van der Waals surface area contributed by atoms with Gasteiger partial charge >= 0.3 is 0 Å². The molecular formula is C13H16N4O4S. The molecule has 4 atom stereocenters. The highest BCUT2D eigenvalue weighted by Crippen LogP contribution is 2.36. The number of aromatic nitrogens is 4. The van der Waals surface area contributed by atoms with Crippen LogP contribution in [0.4, 0.5) is 0 Å². The molecule has 0 spiro atoms. The summed E-state index contributed by atoms with van der Waals surface area (Å²) in [4.78, 5) is 0. The van der Waals surface area contributed by atoms with E-state index in [-0.39, 0.29) is 24.4 Å². The molecule has 0 radical (unpaired) electrons. The van der Waals surface area contributed by atoms with Crippen LogP contribution in [-0.2, 0) is 20.0 Å². The van der Waals surface area contributed by atoms with E-state index >= 15 is 0 Å². The Morgan fingerprint density at radius 3 is 3.09 bits per heavy atom. The molecule has 22 heavy (non-hydrogen) atoms. The van der Waals surface area contributed by atoms with Crippen LogP contribution in [0.25, 0.3) is 0 Å². The molecule has 0 amide bonds. The molecule has 2 aliphatic rings. The molecule has 0 aromatic carbocycles. The Morgan fingerprint density at radius 1 is 1.36 bits per heavy atom. The Balaban J connectivity index is 1.48. The molecule has 0 aliphatic carbocycles. The summed E-state index contributed by atoms with van der Waals surface area (Å²) in [5.41, 5.74) is 0. The fourth-order valence-corrected chi connectivity index (χ4v) is 3.71. The van der Waals surface area contributed by atoms with Gasteiger partial charge in [-0.15, -0.1) is 5.10 Å². The highest BCUT2D eigenvalue weighted by molar-refractivity contribution is 7.98. The Labute approximate surface area is 131 Å². The van der Waals surface area contributed by atoms with Crippen molar-refractivity contribution < 1.29 is 18.6 Å². The predicted molar refractivity (Wildman–Crippen MR) is 75.4 cm³/mol. The number of tetrazole rings is 1. The van der Waals surface area contributed by atoms with Gasteiger partial charge < -0.3 is 18.6 Å². The molecule has 2 fully saturated rings. The van der Waals surface area contributed by atoms with E-state index in [4.69, 9.17) is 18.6 Å². The number of rotatable bonds is 5. The van der Waals surface area contributed by atoms with E-state index in [0.29, 0.717) is 19.0 Å². The number of nitrogens with zero attached hydrogens (tertiary/aromatic N) is 4. The smallest absolute Gasteiger partial charge is 0.210 e. The average Bonchev–Trinajstić information content (AvgIpc) is 3.28. The van der Waals surface area contributed by atoms with Crippen LogP contribution in [0.5, 0.6) is 0 Å². The van der Waals surface area contributed by atoms with Gasteiger partial charge in [0.25, 0.3) is 0 Å². The summed E-state index contributed by atoms with van der Waals surface area (Å²) < 4.78 is 24.2. The first kappa shape index (κ1) is 14.2. The highest BCUT2D eigenvalue weighted by atomic mass is 32.2. The summed E-state index contributed by atoms with van der Waals surface area (Å²) in [5, 5.41) is 12.7. The molecule has 0 N–H and O–H groups in total. The molecule has 2 aromatic rings. The van der Waals surface area contributed by atoms with Crippen LogP contribution in [-0.4, -0.2) is 58.8 Å². The van der Waals surface area contributed by atoms with Crippen molar-refractivity contribution in [3.63, 3.8) is 0 Å². The number of thioether (sulfide) groups is 1. The third kappa shape index (κ3) is 2.43. The van der Waals surface area contributed by atoms with Gasteiger partial charge in [0, 0.05) is 7.11 Å². The molecule has 2 saturated heterocycles. The third-order valence-electron chi connectivity index (χ3n) is 3.98. The van der Waals surface area contributed by atoms with Gasteiger partial charge in [-0.2, -0.15) is 0 Å². The summed E-state index contributed by atoms with van der Waals surface area (Å²) in [7, 11) is 1.68. The van der Waals surface area contributed by atoms with Gasteiger partial charge in [0.15, 0.2) is 0 Å². The summed E-state index contributed by atoms with van der Waals surface area (Å²) >= 11 is 1.53. The van der Waals surface area contributed by atoms with Crippen LogP contribution < -0.4 is 0 Å². The van der Waals surface area contributed by atoms with Gasteiger partial charge in [-0.25, -0.2) is 4.68 Å². The topological polar surface area (TPSA) is 84.4 Å². The van der Waals surface area contributed by atoms with Crippen LogP contribution in [0, 0.1) is 0 Å². The maximum atomic E-state index is 5.83. The van der Waals surface area contributed by atoms with Crippen LogP contribution in [0.15, 0.2) is 28.0 Å². The lowest BCUT2D eigenvalue weighted by Crippen LogP contribution is -2.31. The maximum absolute atomic E-state index is 5.83. The van der Waals surface area contributed by atoms with Crippen molar-refractivity contribution in [3.05, 3.63) is 24.2 Å². The van der Waals surface area contributed by atoms with Crippen molar-refractivity contribution in [2.75, 3.05) is 20.3 Å². The van der Waals surface area contributed by atoms with Crippen LogP contribution in [0.2, 0.25) is 0 Å². The average molecular weight is 324 g/mol. The molecule has 2 aromatic heterocycles. The van der Waals surface area contributed by atoms with E-state index in [1.165, 1.54) is 11.8 Å². The fourth-order valence-electron chi connectivity index (χ4n) is 2.87. The second-order valence-electron chi connectivity index (χ2n) is 5.21. The van der Waals surface area contributed by atoms with Crippen molar-refractivity contribution in [2.24, 2.45) is 0 Å². The normalized spacial score (nSPS) is 30.8. The van der Waals surface area contributed by atoms with Gasteiger partial charge in [0.2, 0.25) is 5.16 Å². The standard InChI is InChI=1S/C13H16N4O4S/c1-18-10-6-21-11-9(5-20-12(10)11)17-13(14-15-16-17)22-7-8-3-2-4-19-8/h2-4,9-12H,5-7H2,1H3/t9-,10+,11+,12+/m0/s1. The SMILES string of the molecule is CO[C@@H]1CO[C@H]2[C@@H]1OC[C@@H]2n1nnnc1SCc1ccco1. The lowest BCUT2D eigenvalue weighted by atomic mass is 10.1. The van der Waals surface area contributed by atoms with Crippen molar-refractivity contribution in [2.45, 2.75) is 35.3 Å². The summed E-state index contributed by atoms with van der Waals surface area (Å²) in [6.45, 7) is 1.06. The van der Waals surface area contributed by atoms with E-state index in [9.17, 15) is 0 Å². The minimum atomic E-state index is -0.0728. The van der Waals surface area contributed by atoms with Crippen LogP contribution >= 0.6 is 11.8 Å². The van der Waals surface area contributed by atoms with Crippen molar-refractivity contribution >= 4 is 11.8 Å². The zero-order valence-corrected chi connectivity index (χ0v) is 12.8. The zero-order valence-electron chi connectivity index (χ0n) is 12.0. The second kappa shape index (κ2) is 5.99. The predicted octanol–water partition coefficient (Wildman–Crippen LogP) is 0.912. The quantitative estimate of drug-likeness (QED) is 0.751. The second-order valence-corrected chi connectivity index (χ2v) is 6.15. The molecule has 2 aliphatic heterocycles. The van der Waals surface area contributed by atoms with Crippen molar-refractivity contribution in [1.29, 1.82) is 0 Å². The maximum Gasteiger partial charge on any atom is 0.210 e. The minimum Gasteiger partial charge on any atom is -0.468 e. The Hall–Kier alpha value is -1.42. The van der Waals surface area contributed by atoms with Gasteiger partial charge in [-0.3, -0.25) is 0 Å². The molecule has 8 nitrogen and oxygen atoms in total. The van der Waals surface area contributed by atoms with Crippen LogP contribution in [0.1, 0.15) is 11.8 Å². The van der Waals surface area contributed by atoms with E-state index in [0.717, 1.165) is 10.9 Å². The first-order valence-electron chi connectivity index (χ1n) is 7.06. The van der Waals surface area contributed by atoms with Crippen molar-refractivity contribution in [3.8, 4) is 0 Å². The van der Waals surface area contributed by atoms with E-state index < -0.39 is 0 Å². The molecular weight excluding hydrogens is 308 g/mol. The zero-order chi connectivity index (χ0) is 14.9. The summed E-state index contributed by atoms with van der Waals surface area (Å²) in [6.07, 6.45) is 1.51. The van der Waals surface area contributed by atoms with Gasteiger partial charge in [0.1, 0.15) is 30.1 Å². The molecule has 9 heteroatoms. The highest BCUT2D eigenvalue weighted by Gasteiger charge is 2.49. The molecule has 0 bridgehead atoms. The van der Waals surface area contributed by atoms with Crippen LogP contribution in [0.3, 0.4) is 0 Å². The number of hydrogen-bond donors (Lipinski definition) is 0. The number of methoxy groups -OCH3 is 1. The van der Waals surface area contributed by atoms with Crippen molar-refractivity contribution in [1.82, 2.24) is 20.2 Å². The minimum absolute atomic E-state index is 0.0225. The Morgan fingerprint density at radius 2 is 2.27 bits per heavy atom. The fraction of sp³-hybridized carbons (Fsp3) is 0.615. The van der Waals surface area contributed by atoms with Gasteiger partial charge in [0.05, 0.1) is 25.2 Å². The Kier molecular flexibility index (Phi) is 3.87. The van der Waals surface area contributed by atoms with Gasteiger partial charge in [-0.05, 0) is 22.6 Å². The Bertz CT molecular complexity index is 619. The molecule has 0 unspecified atom stereocenters. The monoisotopic (exact) mass is 324 g/mol. The number of fused-ring (bicyclic) bond motifs is 1. The number of furan rings is 1. The number of ether oxygens (including phenoxy) is 3. The molecule has 118 valence electrons. The van der Waals surface area contributed by atoms with E-state index in [2.05, 4.69) is 15.5 Å². The molecule has 4 rings (SSSR count). The van der Waals surface area contributed by atoms with E-state index in [1.807, 2.05) is 12.1 Å². The third-order valence-corrected chi connectivity index (χ3v) is 4.94. The lowest BCUT2D eigenvalue weighted by molar-refractivity contribution is -0.00928. The molecule has 0 saturated carbocycles. The first-order valence-corrected chi connectivity index (χ1v) is 8.04. The van der Waals surface area contributed by atoms with E-state index in [1.54, 1.807) is 18.1 Å². The number of hydrogen-bond acceptors (Lipinski definition) is 8. The first-order chi connectivity index (χ1) is 10.9. The molecule has 4 heterocycles. The lowest BCUT2D eigenvalue weighted by Gasteiger charge is -2.16. The summed E-state index contributed by atoms with van der Waals surface area (Å²) in [6, 6.07) is 3.77. The van der Waals surface area contributed by atoms with Gasteiger partial charge in [-0.1, -0.05) is 11.8 Å².